The number of amides is 1. The standard InChI is InChI=1S/C21H34N2O2S/c1-4-7-8-9-10-19-17-18(12-14-21(24)22-25)11-13-20(19)26-16-15-23(5-2)6-3/h11-14,17,25H,4-10,15-16H2,1-3H3,(H,22,24)/b14-12+. The third-order valence-corrected chi connectivity index (χ3v) is 5.58. The third kappa shape index (κ3) is 8.88. The number of rotatable bonds is 13. The van der Waals surface area contributed by atoms with E-state index in [1.54, 1.807) is 11.6 Å². The summed E-state index contributed by atoms with van der Waals surface area (Å²) in [5.74, 6) is 0.582. The SMILES string of the molecule is CCCCCCc1cc(/C=C/C(=O)NO)ccc1SCCN(CC)CC. The largest absolute Gasteiger partial charge is 0.303 e. The fraction of sp³-hybridized carbons (Fsp3) is 0.571. The van der Waals surface area contributed by atoms with Crippen LogP contribution < -0.4 is 5.48 Å². The maximum atomic E-state index is 11.2. The van der Waals surface area contributed by atoms with E-state index in [0.717, 1.165) is 37.4 Å². The van der Waals surface area contributed by atoms with Gasteiger partial charge in [0.2, 0.25) is 0 Å². The second-order valence-corrected chi connectivity index (χ2v) is 7.50. The van der Waals surface area contributed by atoms with Crippen molar-refractivity contribution in [3.05, 3.63) is 35.4 Å². The van der Waals surface area contributed by atoms with Gasteiger partial charge in [-0.15, -0.1) is 11.8 Å². The first-order valence-electron chi connectivity index (χ1n) is 9.74. The number of nitrogens with zero attached hydrogens (tertiary/aromatic N) is 1. The molecule has 0 saturated carbocycles. The van der Waals surface area contributed by atoms with E-state index in [-0.39, 0.29) is 0 Å². The van der Waals surface area contributed by atoms with E-state index in [1.165, 1.54) is 42.2 Å². The summed E-state index contributed by atoms with van der Waals surface area (Å²) in [6.07, 6.45) is 9.14. The second kappa shape index (κ2) is 13.8. The summed E-state index contributed by atoms with van der Waals surface area (Å²) in [7, 11) is 0. The number of hydroxylamine groups is 1. The molecule has 146 valence electrons. The first-order valence-corrected chi connectivity index (χ1v) is 10.7. The Morgan fingerprint density at radius 1 is 1.19 bits per heavy atom. The van der Waals surface area contributed by atoms with Crippen LogP contribution in [0, 0.1) is 0 Å². The second-order valence-electron chi connectivity index (χ2n) is 6.36. The molecule has 0 aliphatic carbocycles. The molecule has 0 radical (unpaired) electrons. The summed E-state index contributed by atoms with van der Waals surface area (Å²) in [6, 6.07) is 6.38. The predicted molar refractivity (Wildman–Crippen MR) is 112 cm³/mol. The molecule has 4 nitrogen and oxygen atoms in total. The first-order chi connectivity index (χ1) is 12.6. The van der Waals surface area contributed by atoms with Gasteiger partial charge in [-0.3, -0.25) is 10.0 Å². The van der Waals surface area contributed by atoms with Gasteiger partial charge in [-0.2, -0.15) is 0 Å². The molecular formula is C21H34N2O2S. The molecule has 2 N–H and O–H groups in total. The fourth-order valence-corrected chi connectivity index (χ4v) is 3.90. The lowest BCUT2D eigenvalue weighted by molar-refractivity contribution is -0.124. The van der Waals surface area contributed by atoms with Gasteiger partial charge in [0.1, 0.15) is 0 Å². The Kier molecular flexibility index (Phi) is 12.1. The zero-order chi connectivity index (χ0) is 19.2. The van der Waals surface area contributed by atoms with Gasteiger partial charge < -0.3 is 4.90 Å². The Labute approximate surface area is 163 Å². The molecule has 0 atom stereocenters. The molecule has 1 amide bonds. The summed E-state index contributed by atoms with van der Waals surface area (Å²) in [6.45, 7) is 9.93. The van der Waals surface area contributed by atoms with Crippen molar-refractivity contribution in [3.8, 4) is 0 Å². The van der Waals surface area contributed by atoms with Crippen molar-refractivity contribution in [1.82, 2.24) is 10.4 Å². The van der Waals surface area contributed by atoms with Crippen LogP contribution in [-0.2, 0) is 11.2 Å². The van der Waals surface area contributed by atoms with Crippen LogP contribution in [0.3, 0.4) is 0 Å². The van der Waals surface area contributed by atoms with Crippen molar-refractivity contribution < 1.29 is 10.0 Å². The number of hydrogen-bond acceptors (Lipinski definition) is 4. The van der Waals surface area contributed by atoms with Crippen LogP contribution in [0.15, 0.2) is 29.2 Å². The van der Waals surface area contributed by atoms with E-state index in [0.29, 0.717) is 0 Å². The molecule has 1 aromatic rings. The molecule has 0 aliphatic heterocycles. The predicted octanol–water partition coefficient (Wildman–Crippen LogP) is 4.76. The van der Waals surface area contributed by atoms with Crippen LogP contribution >= 0.6 is 11.8 Å². The lowest BCUT2D eigenvalue weighted by Crippen LogP contribution is -2.25. The highest BCUT2D eigenvalue weighted by atomic mass is 32.2. The van der Waals surface area contributed by atoms with Gasteiger partial charge in [-0.25, -0.2) is 5.48 Å². The molecule has 0 spiro atoms. The number of nitrogens with one attached hydrogen (secondary N) is 1. The zero-order valence-corrected chi connectivity index (χ0v) is 17.3. The molecule has 0 aliphatic rings. The van der Waals surface area contributed by atoms with Crippen LogP contribution in [0.4, 0.5) is 0 Å². The van der Waals surface area contributed by atoms with Crippen LogP contribution in [0.5, 0.6) is 0 Å². The first kappa shape index (κ1) is 22.7. The van der Waals surface area contributed by atoms with Gasteiger partial charge in [0, 0.05) is 23.3 Å². The highest BCUT2D eigenvalue weighted by Gasteiger charge is 2.06. The van der Waals surface area contributed by atoms with Crippen molar-refractivity contribution in [2.75, 3.05) is 25.4 Å². The highest BCUT2D eigenvalue weighted by Crippen LogP contribution is 2.26. The molecule has 1 aromatic carbocycles. The maximum absolute atomic E-state index is 11.2. The number of unbranched alkanes of at least 4 members (excludes halogenated alkanes) is 3. The minimum atomic E-state index is -0.507. The monoisotopic (exact) mass is 378 g/mol. The van der Waals surface area contributed by atoms with E-state index in [9.17, 15) is 4.79 Å². The van der Waals surface area contributed by atoms with Gasteiger partial charge in [-0.1, -0.05) is 52.2 Å². The molecule has 0 heterocycles. The van der Waals surface area contributed by atoms with Crippen molar-refractivity contribution in [1.29, 1.82) is 0 Å². The molecule has 5 heteroatoms. The normalized spacial score (nSPS) is 11.4. The van der Waals surface area contributed by atoms with Crippen molar-refractivity contribution in [2.24, 2.45) is 0 Å². The summed E-state index contributed by atoms with van der Waals surface area (Å²) in [5.41, 5.74) is 3.98. The average molecular weight is 379 g/mol. The smallest absolute Gasteiger partial charge is 0.267 e. The van der Waals surface area contributed by atoms with Gasteiger partial charge >= 0.3 is 0 Å². The van der Waals surface area contributed by atoms with E-state index in [1.807, 2.05) is 17.8 Å². The fourth-order valence-electron chi connectivity index (χ4n) is 2.82. The summed E-state index contributed by atoms with van der Waals surface area (Å²) < 4.78 is 0. The Bertz CT molecular complexity index is 557. The van der Waals surface area contributed by atoms with Gasteiger partial charge in [0.05, 0.1) is 0 Å². The minimum absolute atomic E-state index is 0.507. The van der Waals surface area contributed by atoms with Crippen LogP contribution in [0.25, 0.3) is 6.08 Å². The molecule has 0 saturated heterocycles. The Balaban J connectivity index is 2.78. The molecule has 26 heavy (non-hydrogen) atoms. The summed E-state index contributed by atoms with van der Waals surface area (Å²) >= 11 is 1.92. The van der Waals surface area contributed by atoms with E-state index in [2.05, 4.69) is 37.8 Å². The zero-order valence-electron chi connectivity index (χ0n) is 16.5. The number of thioether (sulfide) groups is 1. The van der Waals surface area contributed by atoms with Crippen molar-refractivity contribution >= 4 is 23.7 Å². The molecular weight excluding hydrogens is 344 g/mol. The summed E-state index contributed by atoms with van der Waals surface area (Å²) in [5, 5.41) is 8.60. The summed E-state index contributed by atoms with van der Waals surface area (Å²) in [4.78, 5) is 15.0. The molecule has 0 unspecified atom stereocenters. The lowest BCUT2D eigenvalue weighted by atomic mass is 10.0. The molecule has 0 fully saturated rings. The molecule has 0 aromatic heterocycles. The average Bonchev–Trinajstić information content (AvgIpc) is 2.67. The Morgan fingerprint density at radius 3 is 2.62 bits per heavy atom. The molecule has 1 rings (SSSR count). The quantitative estimate of drug-likeness (QED) is 0.171. The van der Waals surface area contributed by atoms with Crippen LogP contribution in [0.1, 0.15) is 57.6 Å². The lowest BCUT2D eigenvalue weighted by Gasteiger charge is -2.18. The van der Waals surface area contributed by atoms with Crippen LogP contribution in [0.2, 0.25) is 0 Å². The number of hydrogen-bond donors (Lipinski definition) is 2. The topological polar surface area (TPSA) is 52.6 Å². The Morgan fingerprint density at radius 2 is 1.96 bits per heavy atom. The maximum Gasteiger partial charge on any atom is 0.267 e. The third-order valence-electron chi connectivity index (χ3n) is 4.48. The minimum Gasteiger partial charge on any atom is -0.303 e. The van der Waals surface area contributed by atoms with Gasteiger partial charge in [-0.05, 0) is 49.2 Å². The molecule has 0 bridgehead atoms. The van der Waals surface area contributed by atoms with E-state index < -0.39 is 5.91 Å². The Hall–Kier alpha value is -1.30. The number of benzene rings is 1. The number of carbonyl (C=O) groups excluding carboxylic acids is 1. The van der Waals surface area contributed by atoms with Gasteiger partial charge in [0.25, 0.3) is 5.91 Å². The van der Waals surface area contributed by atoms with E-state index >= 15 is 0 Å². The van der Waals surface area contributed by atoms with E-state index in [4.69, 9.17) is 5.21 Å². The van der Waals surface area contributed by atoms with Crippen LogP contribution in [-0.4, -0.2) is 41.4 Å². The van der Waals surface area contributed by atoms with Crippen molar-refractivity contribution in [2.45, 2.75) is 57.8 Å². The van der Waals surface area contributed by atoms with Gasteiger partial charge in [0.15, 0.2) is 0 Å². The van der Waals surface area contributed by atoms with Crippen molar-refractivity contribution in [3.63, 3.8) is 0 Å². The number of aryl methyl sites for hydroxylation is 1. The number of carbonyl (C=O) groups is 1. The highest BCUT2D eigenvalue weighted by molar-refractivity contribution is 7.99.